The minimum absolute atomic E-state index is 0.269. The Balaban J connectivity index is 1.94. The van der Waals surface area contributed by atoms with Gasteiger partial charge in [0.15, 0.2) is 0 Å². The highest BCUT2D eigenvalue weighted by Gasteiger charge is 2.31. The summed E-state index contributed by atoms with van der Waals surface area (Å²) in [7, 11) is 0. The van der Waals surface area contributed by atoms with Gasteiger partial charge in [-0.3, -0.25) is 0 Å². The minimum atomic E-state index is -4.72. The molecule has 0 fully saturated rings. The molecule has 0 atom stereocenters. The minimum Gasteiger partial charge on any atom is -0.457 e. The van der Waals surface area contributed by atoms with Crippen molar-refractivity contribution < 1.29 is 22.6 Å². The van der Waals surface area contributed by atoms with Crippen molar-refractivity contribution in [2.75, 3.05) is 0 Å². The first-order chi connectivity index (χ1) is 11.5. The van der Waals surface area contributed by atoms with Crippen molar-refractivity contribution in [1.29, 1.82) is 0 Å². The third-order valence-corrected chi connectivity index (χ3v) is 3.24. The van der Waals surface area contributed by atoms with Crippen molar-refractivity contribution in [2.24, 2.45) is 0 Å². The smallest absolute Gasteiger partial charge is 0.457 e. The van der Waals surface area contributed by atoms with Crippen LogP contribution < -0.4 is 9.47 Å². The largest absolute Gasteiger partial charge is 0.573 e. The summed E-state index contributed by atoms with van der Waals surface area (Å²) in [5.74, 6) is 0.926. The topological polar surface area (TPSA) is 18.5 Å². The van der Waals surface area contributed by atoms with Crippen LogP contribution in [0, 0.1) is 0 Å². The number of rotatable bonds is 4. The van der Waals surface area contributed by atoms with Gasteiger partial charge in [0.2, 0.25) is 0 Å². The van der Waals surface area contributed by atoms with Crippen LogP contribution in [-0.4, -0.2) is 6.36 Å². The number of halogens is 3. The van der Waals surface area contributed by atoms with E-state index in [1.807, 2.05) is 18.2 Å². The first-order valence-corrected chi connectivity index (χ1v) is 7.19. The van der Waals surface area contributed by atoms with E-state index in [1.54, 1.807) is 42.5 Å². The summed E-state index contributed by atoms with van der Waals surface area (Å²) >= 11 is 0. The normalized spacial score (nSPS) is 11.1. The molecule has 0 radical (unpaired) electrons. The maximum atomic E-state index is 12.4. The fourth-order valence-corrected chi connectivity index (χ4v) is 2.27. The SMILES string of the molecule is FC(F)(F)Oc1cccc(-c2ccccc2Oc2ccccc2)c1. The van der Waals surface area contributed by atoms with Crippen molar-refractivity contribution in [2.45, 2.75) is 6.36 Å². The molecule has 3 aromatic rings. The summed E-state index contributed by atoms with van der Waals surface area (Å²) in [5, 5.41) is 0. The van der Waals surface area contributed by atoms with Crippen molar-refractivity contribution >= 4 is 0 Å². The van der Waals surface area contributed by atoms with E-state index in [0.717, 1.165) is 0 Å². The predicted molar refractivity (Wildman–Crippen MR) is 85.1 cm³/mol. The Morgan fingerprint density at radius 3 is 2.08 bits per heavy atom. The van der Waals surface area contributed by atoms with Gasteiger partial charge in [0.25, 0.3) is 0 Å². The molecule has 0 heterocycles. The zero-order valence-corrected chi connectivity index (χ0v) is 12.5. The van der Waals surface area contributed by atoms with Crippen molar-refractivity contribution in [3.05, 3.63) is 78.9 Å². The van der Waals surface area contributed by atoms with Gasteiger partial charge in [0.05, 0.1) is 0 Å². The lowest BCUT2D eigenvalue weighted by molar-refractivity contribution is -0.274. The maximum absolute atomic E-state index is 12.4. The number of hydrogen-bond acceptors (Lipinski definition) is 2. The number of hydrogen-bond donors (Lipinski definition) is 0. The molecule has 0 saturated carbocycles. The first kappa shape index (κ1) is 15.9. The molecule has 0 aliphatic rings. The second kappa shape index (κ2) is 6.66. The van der Waals surface area contributed by atoms with E-state index in [0.29, 0.717) is 22.6 Å². The average molecular weight is 330 g/mol. The molecule has 2 nitrogen and oxygen atoms in total. The van der Waals surface area contributed by atoms with E-state index in [-0.39, 0.29) is 5.75 Å². The monoisotopic (exact) mass is 330 g/mol. The van der Waals surface area contributed by atoms with Gasteiger partial charge in [0, 0.05) is 5.56 Å². The summed E-state index contributed by atoms with van der Waals surface area (Å²) in [5.41, 5.74) is 1.25. The second-order valence-corrected chi connectivity index (χ2v) is 4.99. The third-order valence-electron chi connectivity index (χ3n) is 3.24. The fraction of sp³-hybridized carbons (Fsp3) is 0.0526. The lowest BCUT2D eigenvalue weighted by Crippen LogP contribution is -2.17. The Kier molecular flexibility index (Phi) is 4.42. The Bertz CT molecular complexity index is 814. The van der Waals surface area contributed by atoms with Crippen LogP contribution in [0.4, 0.5) is 13.2 Å². The zero-order valence-electron chi connectivity index (χ0n) is 12.5. The third kappa shape index (κ3) is 4.07. The number of benzene rings is 3. The van der Waals surface area contributed by atoms with Gasteiger partial charge in [-0.15, -0.1) is 13.2 Å². The van der Waals surface area contributed by atoms with E-state index in [9.17, 15) is 13.2 Å². The Hall–Kier alpha value is -2.95. The molecule has 0 N–H and O–H groups in total. The molecular formula is C19H13F3O2. The van der Waals surface area contributed by atoms with E-state index >= 15 is 0 Å². The summed E-state index contributed by atoms with van der Waals surface area (Å²) in [6, 6.07) is 22.1. The molecular weight excluding hydrogens is 317 g/mol. The van der Waals surface area contributed by atoms with Crippen LogP contribution in [0.3, 0.4) is 0 Å². The summed E-state index contributed by atoms with van der Waals surface area (Å²) < 4.78 is 47.0. The molecule has 0 amide bonds. The zero-order chi connectivity index (χ0) is 17.0. The van der Waals surface area contributed by atoms with Crippen LogP contribution in [0.15, 0.2) is 78.9 Å². The van der Waals surface area contributed by atoms with Gasteiger partial charge in [-0.1, -0.05) is 48.5 Å². The van der Waals surface area contributed by atoms with Gasteiger partial charge >= 0.3 is 6.36 Å². The quantitative estimate of drug-likeness (QED) is 0.580. The lowest BCUT2D eigenvalue weighted by atomic mass is 10.0. The van der Waals surface area contributed by atoms with E-state index in [2.05, 4.69) is 4.74 Å². The van der Waals surface area contributed by atoms with Crippen LogP contribution >= 0.6 is 0 Å². The highest BCUT2D eigenvalue weighted by molar-refractivity contribution is 5.72. The van der Waals surface area contributed by atoms with Crippen LogP contribution in [0.5, 0.6) is 17.2 Å². The molecule has 0 bridgehead atoms. The molecule has 0 aliphatic heterocycles. The van der Waals surface area contributed by atoms with Crippen LogP contribution in [0.1, 0.15) is 0 Å². The Labute approximate surface area is 137 Å². The van der Waals surface area contributed by atoms with Gasteiger partial charge in [-0.2, -0.15) is 0 Å². The van der Waals surface area contributed by atoms with Gasteiger partial charge in [0.1, 0.15) is 17.2 Å². The van der Waals surface area contributed by atoms with Crippen molar-refractivity contribution in [3.8, 4) is 28.4 Å². The number of para-hydroxylation sites is 2. The highest BCUT2D eigenvalue weighted by Crippen LogP contribution is 2.35. The second-order valence-electron chi connectivity index (χ2n) is 4.99. The highest BCUT2D eigenvalue weighted by atomic mass is 19.4. The number of ether oxygens (including phenoxy) is 2. The lowest BCUT2D eigenvalue weighted by Gasteiger charge is -2.13. The molecule has 0 aromatic heterocycles. The van der Waals surface area contributed by atoms with E-state index in [1.165, 1.54) is 18.2 Å². The van der Waals surface area contributed by atoms with Crippen LogP contribution in [0.25, 0.3) is 11.1 Å². The van der Waals surface area contributed by atoms with Crippen LogP contribution in [0.2, 0.25) is 0 Å². The molecule has 0 saturated heterocycles. The molecule has 0 unspecified atom stereocenters. The Morgan fingerprint density at radius 2 is 1.33 bits per heavy atom. The van der Waals surface area contributed by atoms with Crippen LogP contribution in [-0.2, 0) is 0 Å². The molecule has 3 rings (SSSR count). The standard InChI is InChI=1S/C19H13F3O2/c20-19(21,22)24-16-10-6-7-14(13-16)17-11-4-5-12-18(17)23-15-8-2-1-3-9-15/h1-13H. The molecule has 24 heavy (non-hydrogen) atoms. The van der Waals surface area contributed by atoms with Gasteiger partial charge < -0.3 is 9.47 Å². The van der Waals surface area contributed by atoms with Crippen molar-refractivity contribution in [1.82, 2.24) is 0 Å². The fourth-order valence-electron chi connectivity index (χ4n) is 2.27. The molecule has 122 valence electrons. The number of alkyl halides is 3. The first-order valence-electron chi connectivity index (χ1n) is 7.19. The summed E-state index contributed by atoms with van der Waals surface area (Å²) in [6.45, 7) is 0. The molecule has 3 aromatic carbocycles. The molecule has 5 heteroatoms. The Morgan fingerprint density at radius 1 is 0.667 bits per heavy atom. The molecule has 0 aliphatic carbocycles. The van der Waals surface area contributed by atoms with Crippen molar-refractivity contribution in [3.63, 3.8) is 0 Å². The van der Waals surface area contributed by atoms with Gasteiger partial charge in [-0.05, 0) is 35.9 Å². The predicted octanol–water partition coefficient (Wildman–Crippen LogP) is 6.04. The van der Waals surface area contributed by atoms with Gasteiger partial charge in [-0.25, -0.2) is 0 Å². The van der Waals surface area contributed by atoms with E-state index < -0.39 is 6.36 Å². The average Bonchev–Trinajstić information content (AvgIpc) is 2.55. The van der Waals surface area contributed by atoms with E-state index in [4.69, 9.17) is 4.74 Å². The maximum Gasteiger partial charge on any atom is 0.573 e. The summed E-state index contributed by atoms with van der Waals surface area (Å²) in [6.07, 6.45) is -4.72. The molecule has 0 spiro atoms. The summed E-state index contributed by atoms with van der Waals surface area (Å²) in [4.78, 5) is 0.